The van der Waals surface area contributed by atoms with Crippen LogP contribution in [0.4, 0.5) is 10.2 Å². The fourth-order valence-electron chi connectivity index (χ4n) is 4.70. The van der Waals surface area contributed by atoms with Gasteiger partial charge in [0.25, 0.3) is 0 Å². The Balaban J connectivity index is 1.52. The first-order valence-electron chi connectivity index (χ1n) is 11.5. The summed E-state index contributed by atoms with van der Waals surface area (Å²) in [5, 5.41) is 0. The molecule has 1 amide bonds. The van der Waals surface area contributed by atoms with Crippen molar-refractivity contribution >= 4 is 22.9 Å². The first-order valence-corrected chi connectivity index (χ1v) is 11.5. The number of carbonyl (C=O) groups excluding carboxylic acids is 1. The van der Waals surface area contributed by atoms with Crippen LogP contribution in [0.25, 0.3) is 22.6 Å². The van der Waals surface area contributed by atoms with Gasteiger partial charge < -0.3 is 20.5 Å². The number of hydrogen-bond donors (Lipinski definition) is 2. The third-order valence-corrected chi connectivity index (χ3v) is 6.31. The molecule has 0 saturated heterocycles. The van der Waals surface area contributed by atoms with E-state index in [0.717, 1.165) is 43.2 Å². The number of rotatable bonds is 9. The number of hydrogen-bond acceptors (Lipinski definition) is 7. The quantitative estimate of drug-likeness (QED) is 0.287. The Bertz CT molecular complexity index is 1350. The minimum absolute atomic E-state index is 0.0121. The molecule has 0 aliphatic heterocycles. The van der Waals surface area contributed by atoms with Crippen LogP contribution < -0.4 is 11.5 Å². The number of carbonyl (C=O) groups is 1. The summed E-state index contributed by atoms with van der Waals surface area (Å²) in [7, 11) is 0. The van der Waals surface area contributed by atoms with Gasteiger partial charge >= 0.3 is 6.08 Å². The van der Waals surface area contributed by atoms with E-state index in [-0.39, 0.29) is 11.7 Å². The van der Waals surface area contributed by atoms with Crippen molar-refractivity contribution in [3.63, 3.8) is 0 Å². The molecular weight excluding hydrogens is 437 g/mol. The van der Waals surface area contributed by atoms with Crippen LogP contribution in [0.1, 0.15) is 54.6 Å². The van der Waals surface area contributed by atoms with E-state index in [1.807, 2.05) is 4.57 Å². The van der Waals surface area contributed by atoms with Gasteiger partial charge in [-0.3, -0.25) is 4.79 Å². The van der Waals surface area contributed by atoms with Gasteiger partial charge in [0, 0.05) is 24.9 Å². The lowest BCUT2D eigenvalue weighted by atomic mass is 9.97. The highest BCUT2D eigenvalue weighted by Crippen LogP contribution is 2.33. The van der Waals surface area contributed by atoms with E-state index < -0.39 is 6.08 Å². The molecule has 3 aromatic heterocycles. The molecule has 9 nitrogen and oxygen atoms in total. The molecule has 0 fully saturated rings. The third kappa shape index (κ3) is 4.35. The highest BCUT2D eigenvalue weighted by Gasteiger charge is 2.22. The van der Waals surface area contributed by atoms with Crippen LogP contribution >= 0.6 is 0 Å². The summed E-state index contributed by atoms with van der Waals surface area (Å²) < 4.78 is 21.6. The topological polar surface area (TPSA) is 139 Å². The van der Waals surface area contributed by atoms with E-state index in [0.29, 0.717) is 48.7 Å². The van der Waals surface area contributed by atoms with Crippen LogP contribution in [0.5, 0.6) is 0 Å². The number of amides is 1. The van der Waals surface area contributed by atoms with Crippen LogP contribution in [0, 0.1) is 6.08 Å². The van der Waals surface area contributed by atoms with Crippen molar-refractivity contribution in [2.45, 2.75) is 57.9 Å². The predicted molar refractivity (Wildman–Crippen MR) is 124 cm³/mol. The van der Waals surface area contributed by atoms with Gasteiger partial charge in [0.2, 0.25) is 11.8 Å². The van der Waals surface area contributed by atoms with Gasteiger partial charge in [0.15, 0.2) is 17.0 Å². The lowest BCUT2D eigenvalue weighted by molar-refractivity contribution is -0.118. The number of aryl methyl sites for hydroxylation is 3. The molecule has 1 aliphatic carbocycles. The molecule has 0 unspecified atom stereocenters. The van der Waals surface area contributed by atoms with Crippen LogP contribution in [0.15, 0.2) is 29.0 Å². The van der Waals surface area contributed by atoms with E-state index in [2.05, 4.69) is 27.1 Å². The van der Waals surface area contributed by atoms with Gasteiger partial charge in [0.1, 0.15) is 12.1 Å². The number of primary amides is 1. The van der Waals surface area contributed by atoms with Crippen LogP contribution in [0.3, 0.4) is 0 Å². The van der Waals surface area contributed by atoms with Crippen molar-refractivity contribution < 1.29 is 13.6 Å². The molecule has 0 radical (unpaired) electrons. The second-order valence-electron chi connectivity index (χ2n) is 8.65. The summed E-state index contributed by atoms with van der Waals surface area (Å²) in [6.45, 7) is 0.555. The van der Waals surface area contributed by atoms with Gasteiger partial charge in [0.05, 0.1) is 6.20 Å². The number of imidazole rings is 1. The molecule has 34 heavy (non-hydrogen) atoms. The van der Waals surface area contributed by atoms with E-state index in [1.54, 1.807) is 12.5 Å². The lowest BCUT2D eigenvalue weighted by Gasteiger charge is -2.13. The number of benzene rings is 1. The molecular formula is C24H26FN7O2. The number of nitrogen functional groups attached to an aromatic ring is 1. The van der Waals surface area contributed by atoms with Crippen molar-refractivity contribution in [3.8, 4) is 11.5 Å². The number of fused-ring (bicyclic) bond motifs is 2. The van der Waals surface area contributed by atoms with Gasteiger partial charge in [-0.15, -0.1) is 0 Å². The fraction of sp³-hybridized carbons (Fsp3) is 0.375. The second-order valence-corrected chi connectivity index (χ2v) is 8.65. The molecule has 4 N–H and O–H groups in total. The highest BCUT2D eigenvalue weighted by molar-refractivity contribution is 5.82. The van der Waals surface area contributed by atoms with Crippen molar-refractivity contribution in [2.75, 3.05) is 5.73 Å². The first kappa shape index (κ1) is 22.0. The Labute approximate surface area is 195 Å². The first-order chi connectivity index (χ1) is 16.5. The van der Waals surface area contributed by atoms with Gasteiger partial charge in [-0.2, -0.15) is 14.4 Å². The molecule has 1 aromatic carbocycles. The van der Waals surface area contributed by atoms with Crippen LogP contribution in [0.2, 0.25) is 0 Å². The summed E-state index contributed by atoms with van der Waals surface area (Å²) in [5.74, 6) is 0.969. The fourth-order valence-corrected chi connectivity index (χ4v) is 4.70. The Morgan fingerprint density at radius 1 is 1.12 bits per heavy atom. The Kier molecular flexibility index (Phi) is 5.95. The van der Waals surface area contributed by atoms with E-state index in [1.165, 1.54) is 11.1 Å². The third-order valence-electron chi connectivity index (χ3n) is 6.31. The van der Waals surface area contributed by atoms with Gasteiger partial charge in [-0.25, -0.2) is 9.97 Å². The minimum atomic E-state index is -0.885. The van der Waals surface area contributed by atoms with Crippen LogP contribution in [-0.4, -0.2) is 30.4 Å². The maximum absolute atomic E-state index is 14.0. The van der Waals surface area contributed by atoms with E-state index >= 15 is 0 Å². The normalized spacial score (nSPS) is 13.0. The molecule has 10 heteroatoms. The maximum Gasteiger partial charge on any atom is 0.312 e. The summed E-state index contributed by atoms with van der Waals surface area (Å²) in [5.41, 5.74) is 16.6. The predicted octanol–water partition coefficient (Wildman–Crippen LogP) is 3.33. The molecule has 0 spiro atoms. The zero-order chi connectivity index (χ0) is 23.7. The summed E-state index contributed by atoms with van der Waals surface area (Å²) in [4.78, 5) is 27.7. The highest BCUT2D eigenvalue weighted by atomic mass is 19.1. The van der Waals surface area contributed by atoms with Crippen LogP contribution in [-0.2, 0) is 30.6 Å². The Morgan fingerprint density at radius 3 is 2.71 bits per heavy atom. The summed E-state index contributed by atoms with van der Waals surface area (Å²) in [6.07, 6.45) is 8.58. The molecule has 0 atom stereocenters. The lowest BCUT2D eigenvalue weighted by Crippen LogP contribution is -2.10. The maximum atomic E-state index is 14.0. The zero-order valence-electron chi connectivity index (χ0n) is 18.8. The number of unbranched alkanes of at least 4 members (excludes halogenated alkanes) is 2. The smallest absolute Gasteiger partial charge is 0.312 e. The molecule has 3 heterocycles. The molecule has 1 aliphatic rings. The van der Waals surface area contributed by atoms with Crippen molar-refractivity contribution in [3.05, 3.63) is 53.2 Å². The number of nitrogens with zero attached hydrogens (tertiary/aromatic N) is 5. The monoisotopic (exact) mass is 463 g/mol. The van der Waals surface area contributed by atoms with Gasteiger partial charge in [-0.05, 0) is 54.9 Å². The number of halogens is 1. The number of anilines is 1. The second kappa shape index (κ2) is 9.20. The number of nitrogens with two attached hydrogens (primary N) is 2. The SMILES string of the molecule is NC(=O)CCCCCn1c(Cc2cc3c(cc2-c2ncco2)CCC3)nc2c(N)nc(F)nc21. The number of aromatic nitrogens is 5. The Morgan fingerprint density at radius 2 is 1.94 bits per heavy atom. The zero-order valence-corrected chi connectivity index (χ0v) is 18.8. The number of oxazole rings is 1. The van der Waals surface area contributed by atoms with E-state index in [9.17, 15) is 9.18 Å². The standard InChI is InChI=1S/C24H26FN7O2/c25-24-30-21(27)20-22(31-24)32(9-3-1-2-7-18(26)33)19(29-20)13-16-11-14-5-4-6-15(14)12-17(16)23-28-8-10-34-23/h8,10-12H,1-7,9,13H2,(H2,26,33)(H2,27,30,31). The molecule has 5 rings (SSSR count). The Hall–Kier alpha value is -3.82. The minimum Gasteiger partial charge on any atom is -0.445 e. The summed E-state index contributed by atoms with van der Waals surface area (Å²) >= 11 is 0. The molecule has 4 aromatic rings. The summed E-state index contributed by atoms with van der Waals surface area (Å²) in [6, 6.07) is 4.36. The van der Waals surface area contributed by atoms with Gasteiger partial charge in [-0.1, -0.05) is 12.5 Å². The van der Waals surface area contributed by atoms with Crippen molar-refractivity contribution in [2.24, 2.45) is 5.73 Å². The van der Waals surface area contributed by atoms with E-state index in [4.69, 9.17) is 20.9 Å². The average molecular weight is 464 g/mol. The largest absolute Gasteiger partial charge is 0.445 e. The molecule has 176 valence electrons. The molecule has 0 bridgehead atoms. The average Bonchev–Trinajstić information content (AvgIpc) is 3.53. The van der Waals surface area contributed by atoms with Crippen molar-refractivity contribution in [1.29, 1.82) is 0 Å². The van der Waals surface area contributed by atoms with Crippen molar-refractivity contribution in [1.82, 2.24) is 24.5 Å². The molecule has 0 saturated carbocycles.